The van der Waals surface area contributed by atoms with Gasteiger partial charge in [0.2, 0.25) is 0 Å². The average molecular weight is 386 g/mol. The third-order valence-corrected chi connectivity index (χ3v) is 6.35. The number of carbonyl (C=O) groups is 1. The summed E-state index contributed by atoms with van der Waals surface area (Å²) < 4.78 is 0. The monoisotopic (exact) mass is 385 g/mol. The molecule has 0 aromatic heterocycles. The van der Waals surface area contributed by atoms with Gasteiger partial charge in [0.15, 0.2) is 5.78 Å². The van der Waals surface area contributed by atoms with Crippen LogP contribution in [0.3, 0.4) is 0 Å². The fraction of sp³-hybridized carbons (Fsp3) is 0.370. The highest BCUT2D eigenvalue weighted by molar-refractivity contribution is 6.14. The van der Waals surface area contributed by atoms with Crippen molar-refractivity contribution in [2.45, 2.75) is 45.4 Å². The van der Waals surface area contributed by atoms with Gasteiger partial charge < -0.3 is 5.32 Å². The first kappa shape index (κ1) is 19.8. The number of nitrogens with one attached hydrogen (secondary N) is 1. The van der Waals surface area contributed by atoms with Crippen LogP contribution >= 0.6 is 0 Å². The minimum Gasteiger partial charge on any atom is -0.316 e. The highest BCUT2D eigenvalue weighted by Gasteiger charge is 2.30. The van der Waals surface area contributed by atoms with Gasteiger partial charge in [-0.25, -0.2) is 0 Å². The lowest BCUT2D eigenvalue weighted by Gasteiger charge is -2.33. The first-order chi connectivity index (χ1) is 14.3. The Kier molecular flexibility index (Phi) is 6.41. The van der Waals surface area contributed by atoms with Crippen molar-refractivity contribution < 1.29 is 4.79 Å². The van der Waals surface area contributed by atoms with Gasteiger partial charge in [0, 0.05) is 17.7 Å². The Hall–Kier alpha value is -2.45. The first-order valence-electron chi connectivity index (χ1n) is 11.1. The molecular formula is C27H31NO. The molecule has 1 saturated heterocycles. The number of piperidine rings is 1. The van der Waals surface area contributed by atoms with E-state index in [4.69, 9.17) is 0 Å². The molecule has 29 heavy (non-hydrogen) atoms. The van der Waals surface area contributed by atoms with Crippen molar-refractivity contribution in [2.24, 2.45) is 5.92 Å². The molecule has 0 amide bonds. The van der Waals surface area contributed by atoms with Gasteiger partial charge in [0.1, 0.15) is 0 Å². The zero-order valence-electron chi connectivity index (χ0n) is 17.4. The molecule has 2 heteroatoms. The van der Waals surface area contributed by atoms with Gasteiger partial charge in [-0.2, -0.15) is 0 Å². The lowest BCUT2D eigenvalue weighted by molar-refractivity contribution is 0.103. The number of hydrogen-bond donors (Lipinski definition) is 1. The molecule has 2 nitrogen and oxygen atoms in total. The minimum absolute atomic E-state index is 0.193. The maximum Gasteiger partial charge on any atom is 0.189 e. The summed E-state index contributed by atoms with van der Waals surface area (Å²) in [5.41, 5.74) is 7.35. The molecule has 1 atom stereocenters. The Morgan fingerprint density at radius 2 is 1.72 bits per heavy atom. The maximum absolute atomic E-state index is 13.5. The van der Waals surface area contributed by atoms with Crippen LogP contribution in [0.15, 0.2) is 77.4 Å². The van der Waals surface area contributed by atoms with Gasteiger partial charge in [0.25, 0.3) is 0 Å². The predicted octanol–water partition coefficient (Wildman–Crippen LogP) is 6.21. The van der Waals surface area contributed by atoms with Crippen molar-refractivity contribution in [3.8, 4) is 0 Å². The van der Waals surface area contributed by atoms with Gasteiger partial charge in [-0.15, -0.1) is 0 Å². The van der Waals surface area contributed by atoms with Crippen LogP contribution < -0.4 is 5.32 Å². The predicted molar refractivity (Wildman–Crippen MR) is 121 cm³/mol. The summed E-state index contributed by atoms with van der Waals surface area (Å²) >= 11 is 0. The molecule has 1 unspecified atom stereocenters. The van der Waals surface area contributed by atoms with E-state index in [0.29, 0.717) is 5.92 Å². The molecule has 0 saturated carbocycles. The van der Waals surface area contributed by atoms with E-state index < -0.39 is 0 Å². The van der Waals surface area contributed by atoms with Crippen LogP contribution in [0.4, 0.5) is 0 Å². The van der Waals surface area contributed by atoms with Gasteiger partial charge in [-0.05, 0) is 55.7 Å². The Morgan fingerprint density at radius 1 is 1.00 bits per heavy atom. The number of allylic oxidation sites excluding steroid dienone is 3. The molecule has 2 aromatic carbocycles. The van der Waals surface area contributed by atoms with E-state index >= 15 is 0 Å². The third kappa shape index (κ3) is 4.43. The number of carbonyl (C=O) groups excluding carboxylic acids is 1. The van der Waals surface area contributed by atoms with Crippen molar-refractivity contribution >= 4 is 11.4 Å². The molecule has 2 aliphatic rings. The molecule has 1 aliphatic heterocycles. The summed E-state index contributed by atoms with van der Waals surface area (Å²) in [6, 6.07) is 20.3. The highest BCUT2D eigenvalue weighted by atomic mass is 16.1. The number of hydrogen-bond acceptors (Lipinski definition) is 2. The van der Waals surface area contributed by atoms with Crippen molar-refractivity contribution in [2.75, 3.05) is 13.1 Å². The quantitative estimate of drug-likeness (QED) is 0.473. The summed E-state index contributed by atoms with van der Waals surface area (Å²) in [6.45, 7) is 4.46. The van der Waals surface area contributed by atoms with Crippen LogP contribution in [0.2, 0.25) is 0 Å². The van der Waals surface area contributed by atoms with Crippen LogP contribution in [-0.2, 0) is 0 Å². The molecule has 0 radical (unpaired) electrons. The van der Waals surface area contributed by atoms with E-state index in [0.717, 1.165) is 49.9 Å². The smallest absolute Gasteiger partial charge is 0.189 e. The Labute approximate surface area is 174 Å². The van der Waals surface area contributed by atoms with Gasteiger partial charge in [-0.3, -0.25) is 4.79 Å². The molecule has 1 heterocycles. The second kappa shape index (κ2) is 9.37. The summed E-state index contributed by atoms with van der Waals surface area (Å²) in [5.74, 6) is 0.802. The van der Waals surface area contributed by atoms with Gasteiger partial charge >= 0.3 is 0 Å². The summed E-state index contributed by atoms with van der Waals surface area (Å²) in [5, 5.41) is 3.59. The van der Waals surface area contributed by atoms with Crippen LogP contribution in [0.1, 0.15) is 61.4 Å². The van der Waals surface area contributed by atoms with Gasteiger partial charge in [0.05, 0.1) is 0 Å². The summed E-state index contributed by atoms with van der Waals surface area (Å²) in [6.07, 6.45) is 6.45. The lowest BCUT2D eigenvalue weighted by Crippen LogP contribution is -2.32. The van der Waals surface area contributed by atoms with Crippen molar-refractivity contribution in [1.29, 1.82) is 0 Å². The first-order valence-corrected chi connectivity index (χ1v) is 11.1. The normalized spacial score (nSPS) is 20.1. The van der Waals surface area contributed by atoms with E-state index in [9.17, 15) is 4.79 Å². The zero-order chi connectivity index (χ0) is 20.1. The summed E-state index contributed by atoms with van der Waals surface area (Å²) in [7, 11) is 0. The molecule has 1 fully saturated rings. The van der Waals surface area contributed by atoms with E-state index in [1.165, 1.54) is 29.6 Å². The van der Waals surface area contributed by atoms with Crippen molar-refractivity contribution in [3.05, 3.63) is 88.5 Å². The third-order valence-electron chi connectivity index (χ3n) is 6.35. The minimum atomic E-state index is 0.193. The Bertz CT molecular complexity index is 902. The molecule has 150 valence electrons. The fourth-order valence-corrected chi connectivity index (χ4v) is 4.89. The zero-order valence-corrected chi connectivity index (χ0v) is 17.4. The fourth-order valence-electron chi connectivity index (χ4n) is 4.89. The van der Waals surface area contributed by atoms with E-state index in [1.807, 2.05) is 30.3 Å². The van der Waals surface area contributed by atoms with E-state index in [2.05, 4.69) is 42.6 Å². The standard InChI is InChI=1S/C27H31NO/c1-2-10-22-17-26(27(29)21-13-7-4-8-14-21)25(20-11-5-3-6-12-20)18-24(22)23-15-9-16-28-19-23/h3-8,11-14,23,28H,2,9-10,15-19H2,1H3. The maximum atomic E-state index is 13.5. The van der Waals surface area contributed by atoms with E-state index in [-0.39, 0.29) is 5.78 Å². The average Bonchev–Trinajstić information content (AvgIpc) is 2.80. The molecule has 4 rings (SSSR count). The SMILES string of the molecule is CCCC1=C(C2CCCNC2)CC(c2ccccc2)=C(C(=O)c2ccccc2)C1. The number of ketones is 1. The highest BCUT2D eigenvalue weighted by Crippen LogP contribution is 2.42. The largest absolute Gasteiger partial charge is 0.316 e. The van der Waals surface area contributed by atoms with Crippen LogP contribution in [0.25, 0.3) is 5.57 Å². The van der Waals surface area contributed by atoms with Crippen LogP contribution in [-0.4, -0.2) is 18.9 Å². The number of benzene rings is 2. The van der Waals surface area contributed by atoms with Crippen LogP contribution in [0.5, 0.6) is 0 Å². The second-order valence-electron chi connectivity index (χ2n) is 8.29. The lowest BCUT2D eigenvalue weighted by atomic mass is 9.74. The molecule has 1 N–H and O–H groups in total. The molecule has 2 aromatic rings. The van der Waals surface area contributed by atoms with Crippen molar-refractivity contribution in [1.82, 2.24) is 5.32 Å². The topological polar surface area (TPSA) is 29.1 Å². The van der Waals surface area contributed by atoms with E-state index in [1.54, 1.807) is 5.57 Å². The number of Topliss-reactive ketones (excluding diaryl/α,β-unsaturated/α-hetero) is 1. The van der Waals surface area contributed by atoms with Crippen molar-refractivity contribution in [3.63, 3.8) is 0 Å². The Balaban J connectivity index is 1.76. The van der Waals surface area contributed by atoms with Gasteiger partial charge in [-0.1, -0.05) is 85.2 Å². The molecule has 1 aliphatic carbocycles. The molecule has 0 spiro atoms. The number of rotatable bonds is 6. The molecular weight excluding hydrogens is 354 g/mol. The Morgan fingerprint density at radius 3 is 2.38 bits per heavy atom. The van der Waals surface area contributed by atoms with Crippen LogP contribution in [0, 0.1) is 5.92 Å². The second-order valence-corrected chi connectivity index (χ2v) is 8.29. The summed E-state index contributed by atoms with van der Waals surface area (Å²) in [4.78, 5) is 13.5. The molecule has 0 bridgehead atoms.